The Kier molecular flexibility index (Phi) is 3.22. The predicted molar refractivity (Wildman–Crippen MR) is 68.5 cm³/mol. The number of hydrogen-bond donors (Lipinski definition) is 0. The van der Waals surface area contributed by atoms with Gasteiger partial charge in [-0.05, 0) is 25.7 Å². The lowest BCUT2D eigenvalue weighted by Gasteiger charge is -2.26. The molecule has 0 atom stereocenters. The quantitative estimate of drug-likeness (QED) is 0.734. The van der Waals surface area contributed by atoms with Crippen LogP contribution in [0.15, 0.2) is 0 Å². The predicted octanol–water partition coefficient (Wildman–Crippen LogP) is 2.17. The molecule has 4 nitrogen and oxygen atoms in total. The summed E-state index contributed by atoms with van der Waals surface area (Å²) in [4.78, 5) is 13.6. The molecule has 0 saturated heterocycles. The smallest absolute Gasteiger partial charge is 0.155 e. The van der Waals surface area contributed by atoms with E-state index in [1.165, 1.54) is 12.8 Å². The normalized spacial score (nSPS) is 15.4. The van der Waals surface area contributed by atoms with Gasteiger partial charge in [0.15, 0.2) is 6.29 Å². The van der Waals surface area contributed by atoms with Gasteiger partial charge in [-0.15, -0.1) is 0 Å². The minimum Gasteiger partial charge on any atom is -0.353 e. The largest absolute Gasteiger partial charge is 0.353 e. The molecule has 1 saturated carbocycles. The van der Waals surface area contributed by atoms with Crippen LogP contribution in [0.25, 0.3) is 0 Å². The van der Waals surface area contributed by atoms with Gasteiger partial charge >= 0.3 is 0 Å². The second kappa shape index (κ2) is 4.51. The number of anilines is 1. The van der Waals surface area contributed by atoms with Crippen molar-refractivity contribution in [1.82, 2.24) is 9.78 Å². The van der Waals surface area contributed by atoms with Gasteiger partial charge < -0.3 is 4.90 Å². The molecule has 0 bridgehead atoms. The Morgan fingerprint density at radius 3 is 2.65 bits per heavy atom. The summed E-state index contributed by atoms with van der Waals surface area (Å²) in [6.45, 7) is 7.30. The lowest BCUT2D eigenvalue weighted by molar-refractivity contribution is 0.112. The first-order valence-electron chi connectivity index (χ1n) is 6.30. The highest BCUT2D eigenvalue weighted by molar-refractivity contribution is 5.85. The Morgan fingerprint density at radius 1 is 1.53 bits per heavy atom. The van der Waals surface area contributed by atoms with Gasteiger partial charge in [0.25, 0.3) is 0 Å². The molecule has 2 rings (SSSR count). The van der Waals surface area contributed by atoms with E-state index in [9.17, 15) is 4.79 Å². The van der Waals surface area contributed by atoms with E-state index >= 15 is 0 Å². The van der Waals surface area contributed by atoms with Crippen LogP contribution in [0.3, 0.4) is 0 Å². The zero-order valence-corrected chi connectivity index (χ0v) is 11.1. The van der Waals surface area contributed by atoms with Crippen molar-refractivity contribution < 1.29 is 4.79 Å². The molecule has 0 radical (unpaired) electrons. The highest BCUT2D eigenvalue weighted by Gasteiger charge is 2.33. The SMILES string of the molecule is Cc1nn(C)c(N(CC(C)C)C2CC2)c1C=O. The van der Waals surface area contributed by atoms with Crippen molar-refractivity contribution >= 4 is 12.1 Å². The maximum Gasteiger partial charge on any atom is 0.155 e. The van der Waals surface area contributed by atoms with E-state index in [-0.39, 0.29) is 0 Å². The molecule has 1 aliphatic carbocycles. The second-order valence-corrected chi connectivity index (χ2v) is 5.34. The number of carbonyl (C=O) groups is 1. The Hall–Kier alpha value is -1.32. The molecule has 1 fully saturated rings. The van der Waals surface area contributed by atoms with Crippen molar-refractivity contribution in [2.45, 2.75) is 39.7 Å². The van der Waals surface area contributed by atoms with Crippen molar-refractivity contribution in [1.29, 1.82) is 0 Å². The Bertz CT molecular complexity index is 419. The lowest BCUT2D eigenvalue weighted by Crippen LogP contribution is -2.32. The molecule has 1 aliphatic rings. The average Bonchev–Trinajstić information content (AvgIpc) is 3.01. The number of aryl methyl sites for hydroxylation is 2. The van der Waals surface area contributed by atoms with Crippen molar-refractivity contribution in [3.8, 4) is 0 Å². The topological polar surface area (TPSA) is 38.1 Å². The molecule has 0 N–H and O–H groups in total. The number of aromatic nitrogens is 2. The second-order valence-electron chi connectivity index (χ2n) is 5.34. The summed E-state index contributed by atoms with van der Waals surface area (Å²) in [5.41, 5.74) is 1.58. The number of nitrogens with zero attached hydrogens (tertiary/aromatic N) is 3. The maximum atomic E-state index is 11.2. The zero-order chi connectivity index (χ0) is 12.6. The van der Waals surface area contributed by atoms with Gasteiger partial charge in [0.05, 0.1) is 11.3 Å². The molecule has 0 aliphatic heterocycles. The van der Waals surface area contributed by atoms with Crippen LogP contribution in [-0.4, -0.2) is 28.7 Å². The van der Waals surface area contributed by atoms with Gasteiger partial charge in [-0.1, -0.05) is 13.8 Å². The molecule has 0 unspecified atom stereocenters. The summed E-state index contributed by atoms with van der Waals surface area (Å²) in [5.74, 6) is 1.58. The summed E-state index contributed by atoms with van der Waals surface area (Å²) in [7, 11) is 1.92. The first-order valence-corrected chi connectivity index (χ1v) is 6.30. The van der Waals surface area contributed by atoms with Gasteiger partial charge in [0, 0.05) is 19.6 Å². The monoisotopic (exact) mass is 235 g/mol. The molecule has 1 aromatic heterocycles. The first kappa shape index (κ1) is 12.1. The number of rotatable bonds is 5. The third kappa shape index (κ3) is 2.35. The lowest BCUT2D eigenvalue weighted by atomic mass is 10.2. The highest BCUT2D eigenvalue weighted by Crippen LogP contribution is 2.34. The number of carbonyl (C=O) groups excluding carboxylic acids is 1. The highest BCUT2D eigenvalue weighted by atomic mass is 16.1. The van der Waals surface area contributed by atoms with Crippen LogP contribution >= 0.6 is 0 Å². The van der Waals surface area contributed by atoms with Crippen molar-refractivity contribution in [3.63, 3.8) is 0 Å². The molecule has 1 heterocycles. The van der Waals surface area contributed by atoms with Crippen LogP contribution in [0.5, 0.6) is 0 Å². The van der Waals surface area contributed by atoms with Crippen LogP contribution in [0.4, 0.5) is 5.82 Å². The van der Waals surface area contributed by atoms with E-state index in [0.717, 1.165) is 29.9 Å². The summed E-state index contributed by atoms with van der Waals surface area (Å²) < 4.78 is 1.85. The fraction of sp³-hybridized carbons (Fsp3) is 0.692. The summed E-state index contributed by atoms with van der Waals surface area (Å²) in [5, 5.41) is 4.36. The fourth-order valence-corrected chi connectivity index (χ4v) is 2.33. The van der Waals surface area contributed by atoms with E-state index in [4.69, 9.17) is 0 Å². The molecule has 0 aromatic carbocycles. The first-order chi connectivity index (χ1) is 8.04. The third-order valence-corrected chi connectivity index (χ3v) is 3.18. The van der Waals surface area contributed by atoms with Crippen LogP contribution in [0.2, 0.25) is 0 Å². The molecule has 4 heteroatoms. The van der Waals surface area contributed by atoms with Crippen LogP contribution in [0, 0.1) is 12.8 Å². The van der Waals surface area contributed by atoms with E-state index in [1.54, 1.807) is 0 Å². The average molecular weight is 235 g/mol. The Labute approximate surface area is 103 Å². The van der Waals surface area contributed by atoms with Gasteiger partial charge in [0.2, 0.25) is 0 Å². The molecule has 0 spiro atoms. The number of hydrogen-bond acceptors (Lipinski definition) is 3. The molecule has 17 heavy (non-hydrogen) atoms. The van der Waals surface area contributed by atoms with E-state index in [2.05, 4.69) is 23.8 Å². The standard InChI is InChI=1S/C13H21N3O/c1-9(2)7-16(11-5-6-11)13-12(8-17)10(3)14-15(13)4/h8-9,11H,5-7H2,1-4H3. The van der Waals surface area contributed by atoms with E-state index < -0.39 is 0 Å². The van der Waals surface area contributed by atoms with Crippen molar-refractivity contribution in [2.24, 2.45) is 13.0 Å². The van der Waals surface area contributed by atoms with Crippen molar-refractivity contribution in [3.05, 3.63) is 11.3 Å². The van der Waals surface area contributed by atoms with Gasteiger partial charge in [-0.2, -0.15) is 5.10 Å². The van der Waals surface area contributed by atoms with E-state index in [0.29, 0.717) is 12.0 Å². The third-order valence-electron chi connectivity index (χ3n) is 3.18. The fourth-order valence-electron chi connectivity index (χ4n) is 2.33. The van der Waals surface area contributed by atoms with Gasteiger partial charge in [-0.25, -0.2) is 0 Å². The van der Waals surface area contributed by atoms with Gasteiger partial charge in [-0.3, -0.25) is 9.48 Å². The molecule has 0 amide bonds. The molecule has 94 valence electrons. The zero-order valence-electron chi connectivity index (χ0n) is 11.1. The Morgan fingerprint density at radius 2 is 2.18 bits per heavy atom. The maximum absolute atomic E-state index is 11.2. The van der Waals surface area contributed by atoms with Crippen LogP contribution in [0.1, 0.15) is 42.7 Å². The number of aldehydes is 1. The van der Waals surface area contributed by atoms with Crippen LogP contribution in [-0.2, 0) is 7.05 Å². The molecule has 1 aromatic rings. The minimum absolute atomic E-state index is 0.588. The molecular weight excluding hydrogens is 214 g/mol. The van der Waals surface area contributed by atoms with Crippen LogP contribution < -0.4 is 4.90 Å². The van der Waals surface area contributed by atoms with Gasteiger partial charge in [0.1, 0.15) is 5.82 Å². The summed E-state index contributed by atoms with van der Waals surface area (Å²) >= 11 is 0. The Balaban J connectivity index is 2.37. The summed E-state index contributed by atoms with van der Waals surface area (Å²) in [6, 6.07) is 0.603. The minimum atomic E-state index is 0.588. The molecular formula is C13H21N3O. The van der Waals surface area contributed by atoms with E-state index in [1.807, 2.05) is 18.7 Å². The van der Waals surface area contributed by atoms with Crippen molar-refractivity contribution in [2.75, 3.05) is 11.4 Å². The summed E-state index contributed by atoms with van der Waals surface area (Å²) in [6.07, 6.45) is 3.40.